The Morgan fingerprint density at radius 3 is 2.43 bits per heavy atom. The summed E-state index contributed by atoms with van der Waals surface area (Å²) in [5.41, 5.74) is -0.842. The second-order valence-electron chi connectivity index (χ2n) is 3.58. The van der Waals surface area contributed by atoms with E-state index in [9.17, 15) is 14.9 Å². The van der Waals surface area contributed by atoms with E-state index >= 15 is 0 Å². The summed E-state index contributed by atoms with van der Waals surface area (Å²) in [6.07, 6.45) is 0. The molecule has 82 valence electrons. The summed E-state index contributed by atoms with van der Waals surface area (Å²) in [6, 6.07) is 0. The third kappa shape index (κ3) is 3.25. The van der Waals surface area contributed by atoms with E-state index in [4.69, 9.17) is 0 Å². The van der Waals surface area contributed by atoms with E-state index in [1.54, 1.807) is 13.8 Å². The van der Waals surface area contributed by atoms with Crippen molar-refractivity contribution in [3.05, 3.63) is 10.1 Å². The SMILES string of the molecule is COC(=O)C(C)(C)C(CBr)C[N+](=O)[O-]. The first-order valence-corrected chi connectivity index (χ1v) is 5.24. The number of rotatable bonds is 5. The first-order valence-electron chi connectivity index (χ1n) is 4.12. The van der Waals surface area contributed by atoms with Crippen LogP contribution in [0.4, 0.5) is 0 Å². The molecular weight excluding hydrogens is 254 g/mol. The van der Waals surface area contributed by atoms with Crippen LogP contribution in [0.1, 0.15) is 13.8 Å². The van der Waals surface area contributed by atoms with Crippen LogP contribution in [0.25, 0.3) is 0 Å². The highest BCUT2D eigenvalue weighted by Gasteiger charge is 2.40. The highest BCUT2D eigenvalue weighted by Crippen LogP contribution is 2.29. The Balaban J connectivity index is 4.64. The van der Waals surface area contributed by atoms with Gasteiger partial charge < -0.3 is 4.74 Å². The summed E-state index contributed by atoms with van der Waals surface area (Å²) in [4.78, 5) is 21.3. The van der Waals surface area contributed by atoms with Crippen LogP contribution in [0.15, 0.2) is 0 Å². The summed E-state index contributed by atoms with van der Waals surface area (Å²) in [6.45, 7) is 3.05. The molecule has 0 heterocycles. The Morgan fingerprint density at radius 2 is 2.14 bits per heavy atom. The number of esters is 1. The summed E-state index contributed by atoms with van der Waals surface area (Å²) >= 11 is 3.17. The van der Waals surface area contributed by atoms with Gasteiger partial charge >= 0.3 is 5.97 Å². The van der Waals surface area contributed by atoms with Gasteiger partial charge in [0.1, 0.15) is 0 Å². The fraction of sp³-hybridized carbons (Fsp3) is 0.875. The Morgan fingerprint density at radius 1 is 1.64 bits per heavy atom. The quantitative estimate of drug-likeness (QED) is 0.327. The maximum Gasteiger partial charge on any atom is 0.311 e. The highest BCUT2D eigenvalue weighted by molar-refractivity contribution is 9.09. The molecule has 0 fully saturated rings. The van der Waals surface area contributed by atoms with Crippen LogP contribution in [0.3, 0.4) is 0 Å². The zero-order valence-electron chi connectivity index (χ0n) is 8.45. The van der Waals surface area contributed by atoms with Gasteiger partial charge in [-0.05, 0) is 13.8 Å². The minimum absolute atomic E-state index is 0.243. The zero-order chi connectivity index (χ0) is 11.4. The Labute approximate surface area is 91.1 Å². The third-order valence-corrected chi connectivity index (χ3v) is 3.07. The van der Waals surface area contributed by atoms with E-state index < -0.39 is 16.3 Å². The molecule has 0 spiro atoms. The number of methoxy groups -OCH3 is 1. The minimum Gasteiger partial charge on any atom is -0.469 e. The van der Waals surface area contributed by atoms with Gasteiger partial charge in [0.15, 0.2) is 0 Å². The molecule has 0 radical (unpaired) electrons. The van der Waals surface area contributed by atoms with Crippen molar-refractivity contribution in [3.8, 4) is 0 Å². The first kappa shape index (κ1) is 13.4. The largest absolute Gasteiger partial charge is 0.469 e. The molecule has 0 rings (SSSR count). The monoisotopic (exact) mass is 267 g/mol. The number of ether oxygens (including phenoxy) is 1. The maximum absolute atomic E-state index is 11.3. The minimum atomic E-state index is -0.842. The maximum atomic E-state index is 11.3. The summed E-state index contributed by atoms with van der Waals surface area (Å²) in [7, 11) is 1.28. The Bertz CT molecular complexity index is 229. The van der Waals surface area contributed by atoms with Gasteiger partial charge in [-0.1, -0.05) is 15.9 Å². The second-order valence-corrected chi connectivity index (χ2v) is 4.23. The van der Waals surface area contributed by atoms with Crippen LogP contribution in [0.5, 0.6) is 0 Å². The summed E-state index contributed by atoms with van der Waals surface area (Å²) in [5, 5.41) is 10.8. The molecule has 5 nitrogen and oxygen atoms in total. The number of alkyl halides is 1. The predicted octanol–water partition coefficient (Wildman–Crippen LogP) is 1.47. The number of hydrogen-bond donors (Lipinski definition) is 0. The third-order valence-electron chi connectivity index (χ3n) is 2.29. The molecule has 1 unspecified atom stereocenters. The molecule has 0 aromatic carbocycles. The van der Waals surface area contributed by atoms with Crippen molar-refractivity contribution in [1.82, 2.24) is 0 Å². The molecule has 0 aromatic heterocycles. The number of carbonyl (C=O) groups is 1. The average molecular weight is 268 g/mol. The zero-order valence-corrected chi connectivity index (χ0v) is 10.0. The van der Waals surface area contributed by atoms with E-state index in [1.807, 2.05) is 0 Å². The van der Waals surface area contributed by atoms with Gasteiger partial charge in [-0.15, -0.1) is 0 Å². The number of nitro groups is 1. The van der Waals surface area contributed by atoms with E-state index in [0.717, 1.165) is 0 Å². The standard InChI is InChI=1S/C8H14BrNO4/c1-8(2,7(11)14-3)6(4-9)5-10(12)13/h6H,4-5H2,1-3H3. The number of halogens is 1. The molecule has 0 saturated heterocycles. The van der Waals surface area contributed by atoms with Gasteiger partial charge in [-0.2, -0.15) is 0 Å². The average Bonchev–Trinajstić information content (AvgIpc) is 2.12. The van der Waals surface area contributed by atoms with Crippen molar-refractivity contribution >= 4 is 21.9 Å². The molecule has 0 aromatic rings. The molecule has 0 aliphatic carbocycles. The fourth-order valence-electron chi connectivity index (χ4n) is 1.08. The highest BCUT2D eigenvalue weighted by atomic mass is 79.9. The normalized spacial score (nSPS) is 13.4. The Kier molecular flexibility index (Phi) is 5.04. The van der Waals surface area contributed by atoms with Gasteiger partial charge in [0.25, 0.3) is 0 Å². The Hall–Kier alpha value is -0.650. The summed E-state index contributed by atoms with van der Waals surface area (Å²) in [5.74, 6) is -0.797. The molecule has 0 aliphatic rings. The van der Waals surface area contributed by atoms with Crippen molar-refractivity contribution < 1.29 is 14.5 Å². The fourth-order valence-corrected chi connectivity index (χ4v) is 2.09. The summed E-state index contributed by atoms with van der Waals surface area (Å²) < 4.78 is 4.60. The van der Waals surface area contributed by atoms with Crippen molar-refractivity contribution in [2.24, 2.45) is 11.3 Å². The number of hydrogen-bond acceptors (Lipinski definition) is 4. The molecule has 0 aliphatic heterocycles. The van der Waals surface area contributed by atoms with Crippen molar-refractivity contribution in [1.29, 1.82) is 0 Å². The molecule has 14 heavy (non-hydrogen) atoms. The molecular formula is C8H14BrNO4. The van der Waals surface area contributed by atoms with E-state index in [0.29, 0.717) is 5.33 Å². The first-order chi connectivity index (χ1) is 6.36. The van der Waals surface area contributed by atoms with Gasteiger partial charge in [-0.3, -0.25) is 14.9 Å². The lowest BCUT2D eigenvalue weighted by molar-refractivity contribution is -0.489. The number of carbonyl (C=O) groups excluding carboxylic acids is 1. The van der Waals surface area contributed by atoms with Crippen molar-refractivity contribution in [2.75, 3.05) is 19.0 Å². The lowest BCUT2D eigenvalue weighted by atomic mass is 9.80. The lowest BCUT2D eigenvalue weighted by Crippen LogP contribution is -2.38. The van der Waals surface area contributed by atoms with Gasteiger partial charge in [0.2, 0.25) is 6.54 Å². The molecule has 6 heteroatoms. The molecule has 0 N–H and O–H groups in total. The van der Waals surface area contributed by atoms with Gasteiger partial charge in [0, 0.05) is 16.2 Å². The van der Waals surface area contributed by atoms with Gasteiger partial charge in [-0.25, -0.2) is 0 Å². The van der Waals surface area contributed by atoms with E-state index in [-0.39, 0.29) is 12.5 Å². The van der Waals surface area contributed by atoms with Crippen molar-refractivity contribution in [2.45, 2.75) is 13.8 Å². The topological polar surface area (TPSA) is 69.4 Å². The van der Waals surface area contributed by atoms with Crippen LogP contribution in [-0.2, 0) is 9.53 Å². The molecule has 0 amide bonds. The molecule has 0 bridgehead atoms. The van der Waals surface area contributed by atoms with Crippen LogP contribution in [0, 0.1) is 21.4 Å². The van der Waals surface area contributed by atoms with E-state index in [1.165, 1.54) is 7.11 Å². The van der Waals surface area contributed by atoms with Gasteiger partial charge in [0.05, 0.1) is 12.5 Å². The predicted molar refractivity (Wildman–Crippen MR) is 54.9 cm³/mol. The second kappa shape index (κ2) is 5.29. The van der Waals surface area contributed by atoms with Crippen LogP contribution < -0.4 is 0 Å². The molecule has 1 atom stereocenters. The van der Waals surface area contributed by atoms with Crippen molar-refractivity contribution in [3.63, 3.8) is 0 Å². The van der Waals surface area contributed by atoms with Crippen LogP contribution in [0.2, 0.25) is 0 Å². The molecule has 0 saturated carbocycles. The lowest BCUT2D eigenvalue weighted by Gasteiger charge is -2.27. The smallest absolute Gasteiger partial charge is 0.311 e. The number of nitrogens with zero attached hydrogens (tertiary/aromatic N) is 1. The van der Waals surface area contributed by atoms with Crippen LogP contribution in [-0.4, -0.2) is 29.9 Å². The van der Waals surface area contributed by atoms with Crippen LogP contribution >= 0.6 is 15.9 Å². The van der Waals surface area contributed by atoms with E-state index in [2.05, 4.69) is 20.7 Å².